The van der Waals surface area contributed by atoms with Gasteiger partial charge in [-0.15, -0.1) is 0 Å². The molecule has 0 aromatic heterocycles. The van der Waals surface area contributed by atoms with Crippen molar-refractivity contribution in [3.63, 3.8) is 0 Å². The predicted octanol–water partition coefficient (Wildman–Crippen LogP) is 1.98. The van der Waals surface area contributed by atoms with Crippen LogP contribution in [0.3, 0.4) is 0 Å². The van der Waals surface area contributed by atoms with E-state index in [1.807, 2.05) is 0 Å². The molecular formula is C12H11N3O4S. The summed E-state index contributed by atoms with van der Waals surface area (Å²) in [7, 11) is -3.78. The third kappa shape index (κ3) is 2.86. The zero-order chi connectivity index (χ0) is 14.8. The lowest BCUT2D eigenvalue weighted by Crippen LogP contribution is -2.13. The molecule has 0 aliphatic heterocycles. The lowest BCUT2D eigenvalue weighted by atomic mass is 10.2. The van der Waals surface area contributed by atoms with Gasteiger partial charge in [0.2, 0.25) is 0 Å². The van der Waals surface area contributed by atoms with Crippen LogP contribution in [0.2, 0.25) is 0 Å². The van der Waals surface area contributed by atoms with Crippen molar-refractivity contribution in [2.24, 2.45) is 0 Å². The van der Waals surface area contributed by atoms with Crippen LogP contribution in [0.4, 0.5) is 17.1 Å². The van der Waals surface area contributed by atoms with Gasteiger partial charge in [-0.05, 0) is 24.3 Å². The van der Waals surface area contributed by atoms with Gasteiger partial charge in [-0.3, -0.25) is 14.8 Å². The first-order valence-electron chi connectivity index (χ1n) is 5.52. The van der Waals surface area contributed by atoms with E-state index in [0.717, 1.165) is 6.07 Å². The van der Waals surface area contributed by atoms with Crippen molar-refractivity contribution in [1.29, 1.82) is 0 Å². The summed E-state index contributed by atoms with van der Waals surface area (Å²) in [6, 6.07) is 11.4. The van der Waals surface area contributed by atoms with E-state index in [4.69, 9.17) is 5.73 Å². The number of nitrogen functional groups attached to an aromatic ring is 1. The fourth-order valence-corrected chi connectivity index (χ4v) is 2.65. The second-order valence-electron chi connectivity index (χ2n) is 3.95. The van der Waals surface area contributed by atoms with Crippen LogP contribution in [0.15, 0.2) is 53.4 Å². The highest BCUT2D eigenvalue weighted by molar-refractivity contribution is 7.92. The molecule has 3 N–H and O–H groups in total. The van der Waals surface area contributed by atoms with E-state index < -0.39 is 14.9 Å². The third-order valence-corrected chi connectivity index (χ3v) is 3.93. The van der Waals surface area contributed by atoms with Crippen LogP contribution in [0, 0.1) is 10.1 Å². The minimum Gasteiger partial charge on any atom is -0.393 e. The molecule has 0 aliphatic rings. The Labute approximate surface area is 115 Å². The lowest BCUT2D eigenvalue weighted by molar-refractivity contribution is -0.383. The summed E-state index contributed by atoms with van der Waals surface area (Å²) in [4.78, 5) is 10.2. The summed E-state index contributed by atoms with van der Waals surface area (Å²) in [6.07, 6.45) is 0. The average molecular weight is 293 g/mol. The number of rotatable bonds is 4. The van der Waals surface area contributed by atoms with Gasteiger partial charge in [0.05, 0.1) is 15.5 Å². The molecule has 2 aromatic carbocycles. The standard InChI is InChI=1S/C12H11N3O4S/c13-11-7-6-9(8-12(11)15(16)17)14-20(18,19)10-4-2-1-3-5-10/h1-8,14H,13H2. The quantitative estimate of drug-likeness (QED) is 0.508. The van der Waals surface area contributed by atoms with Gasteiger partial charge in [0, 0.05) is 6.07 Å². The molecule has 7 nitrogen and oxygen atoms in total. The minimum absolute atomic E-state index is 0.0299. The van der Waals surface area contributed by atoms with Crippen LogP contribution in [0.5, 0.6) is 0 Å². The highest BCUT2D eigenvalue weighted by Gasteiger charge is 2.17. The Kier molecular flexibility index (Phi) is 3.57. The van der Waals surface area contributed by atoms with Crippen molar-refractivity contribution in [3.8, 4) is 0 Å². The van der Waals surface area contributed by atoms with Crippen molar-refractivity contribution in [2.75, 3.05) is 10.5 Å². The van der Waals surface area contributed by atoms with Crippen molar-refractivity contribution in [3.05, 3.63) is 58.6 Å². The highest BCUT2D eigenvalue weighted by atomic mass is 32.2. The molecule has 8 heteroatoms. The van der Waals surface area contributed by atoms with Crippen LogP contribution in [0.25, 0.3) is 0 Å². The van der Waals surface area contributed by atoms with Crippen LogP contribution >= 0.6 is 0 Å². The zero-order valence-corrected chi connectivity index (χ0v) is 11.0. The van der Waals surface area contributed by atoms with Gasteiger partial charge in [0.1, 0.15) is 5.69 Å². The van der Waals surface area contributed by atoms with Gasteiger partial charge < -0.3 is 5.73 Å². The van der Waals surface area contributed by atoms with E-state index >= 15 is 0 Å². The van der Waals surface area contributed by atoms with Crippen LogP contribution < -0.4 is 10.5 Å². The molecule has 20 heavy (non-hydrogen) atoms. The van der Waals surface area contributed by atoms with Gasteiger partial charge in [-0.1, -0.05) is 18.2 Å². The largest absolute Gasteiger partial charge is 0.393 e. The summed E-state index contributed by atoms with van der Waals surface area (Å²) in [6.45, 7) is 0. The number of benzene rings is 2. The van der Waals surface area contributed by atoms with Gasteiger partial charge in [0.15, 0.2) is 0 Å². The molecule has 2 rings (SSSR count). The van der Waals surface area contributed by atoms with Crippen LogP contribution in [-0.2, 0) is 10.0 Å². The summed E-state index contributed by atoms with van der Waals surface area (Å²) < 4.78 is 26.4. The van der Waals surface area contributed by atoms with E-state index in [1.165, 1.54) is 24.3 Å². The number of nitrogens with one attached hydrogen (secondary N) is 1. The number of nitro groups is 1. The third-order valence-electron chi connectivity index (χ3n) is 2.53. The summed E-state index contributed by atoms with van der Waals surface area (Å²) in [5.41, 5.74) is 5.15. The molecule has 0 saturated heterocycles. The number of sulfonamides is 1. The van der Waals surface area contributed by atoms with Crippen molar-refractivity contribution >= 4 is 27.1 Å². The molecule has 104 valence electrons. The van der Waals surface area contributed by atoms with E-state index in [-0.39, 0.29) is 22.0 Å². The molecule has 0 atom stereocenters. The maximum atomic E-state index is 12.1. The zero-order valence-electron chi connectivity index (χ0n) is 10.2. The van der Waals surface area contributed by atoms with E-state index in [1.54, 1.807) is 18.2 Å². The Hall–Kier alpha value is -2.61. The Morgan fingerprint density at radius 2 is 1.75 bits per heavy atom. The molecule has 0 bridgehead atoms. The van der Waals surface area contributed by atoms with E-state index in [2.05, 4.69) is 4.72 Å². The monoisotopic (exact) mass is 293 g/mol. The first kappa shape index (κ1) is 13.8. The second-order valence-corrected chi connectivity index (χ2v) is 5.63. The van der Waals surface area contributed by atoms with Crippen LogP contribution in [0.1, 0.15) is 0 Å². The topological polar surface area (TPSA) is 115 Å². The lowest BCUT2D eigenvalue weighted by Gasteiger charge is -2.08. The predicted molar refractivity (Wildman–Crippen MR) is 74.8 cm³/mol. The molecule has 0 radical (unpaired) electrons. The highest BCUT2D eigenvalue weighted by Crippen LogP contribution is 2.26. The number of hydrogen-bond acceptors (Lipinski definition) is 5. The maximum absolute atomic E-state index is 12.1. The Bertz CT molecular complexity index is 745. The van der Waals surface area contributed by atoms with Gasteiger partial charge in [-0.2, -0.15) is 0 Å². The summed E-state index contributed by atoms with van der Waals surface area (Å²) in [5, 5.41) is 10.8. The molecule has 0 amide bonds. The molecule has 0 aliphatic carbocycles. The first-order valence-corrected chi connectivity index (χ1v) is 7.00. The molecule has 2 aromatic rings. The average Bonchev–Trinajstić information content (AvgIpc) is 2.41. The number of hydrogen-bond donors (Lipinski definition) is 2. The SMILES string of the molecule is Nc1ccc(NS(=O)(=O)c2ccccc2)cc1[N+](=O)[O-]. The fraction of sp³-hybridized carbons (Fsp3) is 0. The number of nitrogens with two attached hydrogens (primary N) is 1. The van der Waals surface area contributed by atoms with Crippen LogP contribution in [-0.4, -0.2) is 13.3 Å². The smallest absolute Gasteiger partial charge is 0.294 e. The van der Waals surface area contributed by atoms with E-state index in [9.17, 15) is 18.5 Å². The van der Waals surface area contributed by atoms with E-state index in [0.29, 0.717) is 0 Å². The van der Waals surface area contributed by atoms with Crippen molar-refractivity contribution < 1.29 is 13.3 Å². The Balaban J connectivity index is 2.36. The van der Waals surface area contributed by atoms with Crippen molar-refractivity contribution in [2.45, 2.75) is 4.90 Å². The minimum atomic E-state index is -3.78. The molecule has 0 unspecified atom stereocenters. The second kappa shape index (κ2) is 5.17. The number of anilines is 2. The summed E-state index contributed by atoms with van der Waals surface area (Å²) >= 11 is 0. The molecule has 0 spiro atoms. The van der Waals surface area contributed by atoms with Crippen molar-refractivity contribution in [1.82, 2.24) is 0 Å². The van der Waals surface area contributed by atoms with Gasteiger partial charge in [-0.25, -0.2) is 8.42 Å². The normalized spacial score (nSPS) is 11.0. The number of nitrogens with zero attached hydrogens (tertiary/aromatic N) is 1. The Morgan fingerprint density at radius 3 is 2.35 bits per heavy atom. The number of nitro benzene ring substituents is 1. The first-order chi connectivity index (χ1) is 9.40. The van der Waals surface area contributed by atoms with Gasteiger partial charge in [0.25, 0.3) is 15.7 Å². The molecule has 0 fully saturated rings. The summed E-state index contributed by atoms with van der Waals surface area (Å²) in [5.74, 6) is 0. The molecule has 0 heterocycles. The fourth-order valence-electron chi connectivity index (χ4n) is 1.58. The Morgan fingerprint density at radius 1 is 1.10 bits per heavy atom. The molecular weight excluding hydrogens is 282 g/mol. The maximum Gasteiger partial charge on any atom is 0.294 e. The van der Waals surface area contributed by atoms with Gasteiger partial charge >= 0.3 is 0 Å². The molecule has 0 saturated carbocycles.